The second kappa shape index (κ2) is 10.1. The molecule has 0 saturated carbocycles. The summed E-state index contributed by atoms with van der Waals surface area (Å²) in [4.78, 5) is 4.11. The highest BCUT2D eigenvalue weighted by molar-refractivity contribution is 5.79. The first kappa shape index (κ1) is 17.6. The van der Waals surface area contributed by atoms with Gasteiger partial charge in [-0.25, -0.2) is 4.39 Å². The maximum Gasteiger partial charge on any atom is 0.191 e. The van der Waals surface area contributed by atoms with Crippen molar-refractivity contribution in [1.82, 2.24) is 10.6 Å². The van der Waals surface area contributed by atoms with E-state index in [9.17, 15) is 4.39 Å². The number of aliphatic imine (C=N–C) groups is 1. The third-order valence-electron chi connectivity index (χ3n) is 3.09. The van der Waals surface area contributed by atoms with Crippen LogP contribution >= 0.6 is 0 Å². The van der Waals surface area contributed by atoms with Crippen molar-refractivity contribution in [3.8, 4) is 11.5 Å². The van der Waals surface area contributed by atoms with E-state index in [1.165, 1.54) is 12.1 Å². The van der Waals surface area contributed by atoms with Crippen molar-refractivity contribution < 1.29 is 13.9 Å². The van der Waals surface area contributed by atoms with E-state index in [2.05, 4.69) is 15.6 Å². The van der Waals surface area contributed by atoms with Crippen LogP contribution in [0.5, 0.6) is 11.5 Å². The first-order chi connectivity index (χ1) is 11.8. The van der Waals surface area contributed by atoms with Crippen LogP contribution in [0.25, 0.3) is 0 Å². The van der Waals surface area contributed by atoms with Crippen molar-refractivity contribution in [1.29, 1.82) is 0 Å². The first-order valence-electron chi connectivity index (χ1n) is 7.78. The third-order valence-corrected chi connectivity index (χ3v) is 3.09. The number of ether oxygens (including phenoxy) is 2. The summed E-state index contributed by atoms with van der Waals surface area (Å²) in [6, 6.07) is 15.7. The molecule has 0 spiro atoms. The van der Waals surface area contributed by atoms with Gasteiger partial charge < -0.3 is 20.1 Å². The zero-order chi connectivity index (χ0) is 17.0. The summed E-state index contributed by atoms with van der Waals surface area (Å²) in [7, 11) is 1.70. The van der Waals surface area contributed by atoms with Crippen LogP contribution in [0.3, 0.4) is 0 Å². The van der Waals surface area contributed by atoms with Crippen molar-refractivity contribution in [3.63, 3.8) is 0 Å². The number of benzene rings is 2. The SMILES string of the molecule is CN=C(NCCOc1ccccc1)NCCOc1cccc(F)c1. The predicted octanol–water partition coefficient (Wildman–Crippen LogP) is 2.45. The largest absolute Gasteiger partial charge is 0.492 e. The molecule has 0 fully saturated rings. The van der Waals surface area contributed by atoms with E-state index in [0.29, 0.717) is 38.0 Å². The quantitative estimate of drug-likeness (QED) is 0.443. The molecule has 0 atom stereocenters. The topological polar surface area (TPSA) is 54.9 Å². The monoisotopic (exact) mass is 331 g/mol. The molecule has 0 aliphatic rings. The molecule has 0 aromatic heterocycles. The highest BCUT2D eigenvalue weighted by Gasteiger charge is 1.99. The lowest BCUT2D eigenvalue weighted by Crippen LogP contribution is -2.40. The summed E-state index contributed by atoms with van der Waals surface area (Å²) in [6.45, 7) is 2.12. The molecule has 0 bridgehead atoms. The molecule has 2 aromatic rings. The zero-order valence-electron chi connectivity index (χ0n) is 13.7. The van der Waals surface area contributed by atoms with Gasteiger partial charge in [0.25, 0.3) is 0 Å². The Labute approximate surface area is 141 Å². The molecule has 6 heteroatoms. The molecule has 2 aromatic carbocycles. The second-order valence-corrected chi connectivity index (χ2v) is 4.89. The van der Waals surface area contributed by atoms with Gasteiger partial charge in [-0.05, 0) is 24.3 Å². The Hall–Kier alpha value is -2.76. The Morgan fingerprint density at radius 1 is 0.917 bits per heavy atom. The van der Waals surface area contributed by atoms with Crippen LogP contribution in [0.15, 0.2) is 59.6 Å². The molecule has 2 N–H and O–H groups in total. The average molecular weight is 331 g/mol. The number of nitrogens with zero attached hydrogens (tertiary/aromatic N) is 1. The summed E-state index contributed by atoms with van der Waals surface area (Å²) in [5.74, 6) is 1.70. The van der Waals surface area contributed by atoms with E-state index in [0.717, 1.165) is 5.75 Å². The lowest BCUT2D eigenvalue weighted by atomic mass is 10.3. The van der Waals surface area contributed by atoms with Crippen molar-refractivity contribution in [3.05, 3.63) is 60.4 Å². The standard InChI is InChI=1S/C18H22FN3O2/c1-20-18(21-10-12-23-16-7-3-2-4-8-16)22-11-13-24-17-9-5-6-15(19)14-17/h2-9,14H,10-13H2,1H3,(H2,20,21,22). The minimum atomic E-state index is -0.309. The Kier molecular flexibility index (Phi) is 7.40. The Bertz CT molecular complexity index is 635. The van der Waals surface area contributed by atoms with Crippen molar-refractivity contribution in [2.45, 2.75) is 0 Å². The van der Waals surface area contributed by atoms with E-state index >= 15 is 0 Å². The van der Waals surface area contributed by atoms with E-state index in [4.69, 9.17) is 9.47 Å². The highest BCUT2D eigenvalue weighted by atomic mass is 19.1. The van der Waals surface area contributed by atoms with Crippen LogP contribution in [0, 0.1) is 5.82 Å². The molecule has 24 heavy (non-hydrogen) atoms. The van der Waals surface area contributed by atoms with Gasteiger partial charge in [0.1, 0.15) is 30.5 Å². The molecule has 0 radical (unpaired) electrons. The number of para-hydroxylation sites is 1. The van der Waals surface area contributed by atoms with Gasteiger partial charge in [-0.3, -0.25) is 4.99 Å². The number of halogens is 1. The lowest BCUT2D eigenvalue weighted by Gasteiger charge is -2.13. The average Bonchev–Trinajstić information content (AvgIpc) is 2.61. The summed E-state index contributed by atoms with van der Waals surface area (Å²) < 4.78 is 24.1. The van der Waals surface area contributed by atoms with Gasteiger partial charge in [0.15, 0.2) is 5.96 Å². The number of nitrogens with one attached hydrogen (secondary N) is 2. The number of guanidine groups is 1. The van der Waals surface area contributed by atoms with Crippen LogP contribution in [0.4, 0.5) is 4.39 Å². The van der Waals surface area contributed by atoms with Crippen molar-refractivity contribution in [2.24, 2.45) is 4.99 Å². The molecule has 0 aliphatic carbocycles. The van der Waals surface area contributed by atoms with Crippen LogP contribution < -0.4 is 20.1 Å². The Morgan fingerprint density at radius 3 is 2.17 bits per heavy atom. The maximum atomic E-state index is 13.0. The number of hydrogen-bond acceptors (Lipinski definition) is 3. The van der Waals surface area contributed by atoms with Crippen LogP contribution in [-0.2, 0) is 0 Å². The van der Waals surface area contributed by atoms with Gasteiger partial charge in [-0.15, -0.1) is 0 Å². The molecule has 2 rings (SSSR count). The number of rotatable bonds is 8. The molecule has 0 aliphatic heterocycles. The molecule has 128 valence electrons. The van der Waals surface area contributed by atoms with Gasteiger partial charge >= 0.3 is 0 Å². The maximum absolute atomic E-state index is 13.0. The fraction of sp³-hybridized carbons (Fsp3) is 0.278. The molecular formula is C18H22FN3O2. The van der Waals surface area contributed by atoms with Crippen LogP contribution in [-0.4, -0.2) is 39.3 Å². The normalized spacial score (nSPS) is 11.0. The van der Waals surface area contributed by atoms with Gasteiger partial charge in [-0.1, -0.05) is 24.3 Å². The molecule has 0 amide bonds. The Balaban J connectivity index is 1.58. The molecule has 0 heterocycles. The summed E-state index contributed by atoms with van der Waals surface area (Å²) in [6.07, 6.45) is 0. The van der Waals surface area contributed by atoms with E-state index < -0.39 is 0 Å². The third kappa shape index (κ3) is 6.56. The minimum absolute atomic E-state index is 0.309. The van der Waals surface area contributed by atoms with Crippen LogP contribution in [0.2, 0.25) is 0 Å². The second-order valence-electron chi connectivity index (χ2n) is 4.89. The Morgan fingerprint density at radius 2 is 1.54 bits per heavy atom. The predicted molar refractivity (Wildman–Crippen MR) is 93.2 cm³/mol. The van der Waals surface area contributed by atoms with Gasteiger partial charge in [0, 0.05) is 13.1 Å². The minimum Gasteiger partial charge on any atom is -0.492 e. The van der Waals surface area contributed by atoms with E-state index in [1.807, 2.05) is 30.3 Å². The first-order valence-corrected chi connectivity index (χ1v) is 7.78. The summed E-state index contributed by atoms with van der Waals surface area (Å²) >= 11 is 0. The molecule has 0 unspecified atom stereocenters. The molecular weight excluding hydrogens is 309 g/mol. The van der Waals surface area contributed by atoms with Gasteiger partial charge in [0.2, 0.25) is 0 Å². The van der Waals surface area contributed by atoms with Gasteiger partial charge in [-0.2, -0.15) is 0 Å². The fourth-order valence-electron chi connectivity index (χ4n) is 1.97. The molecule has 0 saturated heterocycles. The zero-order valence-corrected chi connectivity index (χ0v) is 13.7. The summed E-state index contributed by atoms with van der Waals surface area (Å²) in [5.41, 5.74) is 0. The smallest absolute Gasteiger partial charge is 0.191 e. The van der Waals surface area contributed by atoms with E-state index in [1.54, 1.807) is 19.2 Å². The van der Waals surface area contributed by atoms with Crippen LogP contribution in [0.1, 0.15) is 0 Å². The highest BCUT2D eigenvalue weighted by Crippen LogP contribution is 2.11. The van der Waals surface area contributed by atoms with Gasteiger partial charge in [0.05, 0.1) is 13.1 Å². The number of hydrogen-bond donors (Lipinski definition) is 2. The van der Waals surface area contributed by atoms with Crippen molar-refractivity contribution >= 4 is 5.96 Å². The van der Waals surface area contributed by atoms with Crippen molar-refractivity contribution in [2.75, 3.05) is 33.4 Å². The summed E-state index contributed by atoms with van der Waals surface area (Å²) in [5, 5.41) is 6.26. The lowest BCUT2D eigenvalue weighted by molar-refractivity contribution is 0.316. The molecule has 5 nitrogen and oxygen atoms in total. The van der Waals surface area contributed by atoms with E-state index in [-0.39, 0.29) is 5.82 Å². The fourth-order valence-corrected chi connectivity index (χ4v) is 1.97.